The van der Waals surface area contributed by atoms with Crippen LogP contribution in [0.5, 0.6) is 5.75 Å². The van der Waals surface area contributed by atoms with Crippen LogP contribution in [0.15, 0.2) is 65.3 Å². The van der Waals surface area contributed by atoms with Gasteiger partial charge in [0.1, 0.15) is 11.6 Å². The number of rotatable bonds is 8. The minimum absolute atomic E-state index is 0.255. The number of hydrogen-bond donors (Lipinski definition) is 1. The van der Waals surface area contributed by atoms with E-state index in [2.05, 4.69) is 35.9 Å². The van der Waals surface area contributed by atoms with Gasteiger partial charge in [-0.15, -0.1) is 0 Å². The van der Waals surface area contributed by atoms with E-state index in [-0.39, 0.29) is 17.7 Å². The molecule has 0 saturated carbocycles. The number of para-hydroxylation sites is 2. The summed E-state index contributed by atoms with van der Waals surface area (Å²) in [6, 6.07) is 17.2. The van der Waals surface area contributed by atoms with Crippen LogP contribution in [0.4, 0.5) is 0 Å². The average molecular weight is 418 g/mol. The van der Waals surface area contributed by atoms with Crippen molar-refractivity contribution in [3.8, 4) is 5.75 Å². The molecule has 0 saturated heterocycles. The lowest BCUT2D eigenvalue weighted by molar-refractivity contribution is 0.0909. The molecule has 0 unspecified atom stereocenters. The number of nitrogens with one attached hydrogen (secondary N) is 1. The Morgan fingerprint density at radius 3 is 2.77 bits per heavy atom. The fourth-order valence-corrected chi connectivity index (χ4v) is 3.69. The molecule has 31 heavy (non-hydrogen) atoms. The molecule has 2 aromatic carbocycles. The topological polar surface area (TPSA) is 69.3 Å². The maximum atomic E-state index is 12.4. The van der Waals surface area contributed by atoms with E-state index in [0.717, 1.165) is 35.6 Å². The summed E-state index contributed by atoms with van der Waals surface area (Å²) in [5.41, 5.74) is 4.35. The maximum Gasteiger partial charge on any atom is 0.287 e. The van der Waals surface area contributed by atoms with E-state index in [1.165, 1.54) is 17.4 Å². The zero-order valence-electron chi connectivity index (χ0n) is 18.1. The van der Waals surface area contributed by atoms with Crippen molar-refractivity contribution in [1.29, 1.82) is 0 Å². The molecule has 2 heterocycles. The summed E-state index contributed by atoms with van der Waals surface area (Å²) in [7, 11) is 0. The van der Waals surface area contributed by atoms with Gasteiger partial charge in [-0.1, -0.05) is 24.3 Å². The molecule has 0 fully saturated rings. The lowest BCUT2D eigenvalue weighted by atomic mass is 10.1. The summed E-state index contributed by atoms with van der Waals surface area (Å²) < 4.78 is 13.4. The third-order valence-electron chi connectivity index (χ3n) is 5.50. The van der Waals surface area contributed by atoms with E-state index in [4.69, 9.17) is 14.1 Å². The minimum atomic E-state index is -0.273. The van der Waals surface area contributed by atoms with E-state index in [1.807, 2.05) is 37.3 Å². The lowest BCUT2D eigenvalue weighted by Gasteiger charge is -2.16. The van der Waals surface area contributed by atoms with Gasteiger partial charge < -0.3 is 19.0 Å². The fourth-order valence-electron chi connectivity index (χ4n) is 3.69. The van der Waals surface area contributed by atoms with Gasteiger partial charge in [-0.05, 0) is 68.7 Å². The highest BCUT2D eigenvalue weighted by Gasteiger charge is 2.20. The second kappa shape index (κ2) is 9.08. The highest BCUT2D eigenvalue weighted by molar-refractivity contribution is 5.91. The fraction of sp³-hybridized carbons (Fsp3) is 0.280. The quantitative estimate of drug-likeness (QED) is 0.400. The Morgan fingerprint density at radius 2 is 1.97 bits per heavy atom. The lowest BCUT2D eigenvalue weighted by Crippen LogP contribution is -2.28. The molecule has 4 aromatic rings. The van der Waals surface area contributed by atoms with Crippen molar-refractivity contribution in [2.75, 3.05) is 6.61 Å². The summed E-state index contributed by atoms with van der Waals surface area (Å²) in [6.07, 6.45) is 2.31. The minimum Gasteiger partial charge on any atom is -0.493 e. The van der Waals surface area contributed by atoms with Crippen molar-refractivity contribution in [2.45, 2.75) is 39.8 Å². The number of fused-ring (bicyclic) bond motifs is 1. The van der Waals surface area contributed by atoms with Gasteiger partial charge in [-0.2, -0.15) is 0 Å². The van der Waals surface area contributed by atoms with Crippen LogP contribution in [0.25, 0.3) is 11.0 Å². The van der Waals surface area contributed by atoms with Crippen molar-refractivity contribution in [2.24, 2.45) is 0 Å². The van der Waals surface area contributed by atoms with Gasteiger partial charge in [0.25, 0.3) is 5.91 Å². The predicted molar refractivity (Wildman–Crippen MR) is 120 cm³/mol. The molecular formula is C25H27N3O3. The Morgan fingerprint density at radius 1 is 1.13 bits per heavy atom. The molecule has 1 amide bonds. The van der Waals surface area contributed by atoms with Crippen molar-refractivity contribution in [3.05, 3.63) is 83.6 Å². The summed E-state index contributed by atoms with van der Waals surface area (Å²) in [4.78, 5) is 17.2. The number of nitrogens with zero attached hydrogens (tertiary/aromatic N) is 2. The number of carbonyl (C=O) groups excluding carboxylic acids is 1. The Kier molecular flexibility index (Phi) is 6.07. The molecule has 6 nitrogen and oxygen atoms in total. The summed E-state index contributed by atoms with van der Waals surface area (Å²) in [6.45, 7) is 7.44. The predicted octanol–water partition coefficient (Wildman–Crippen LogP) is 5.21. The second-order valence-corrected chi connectivity index (χ2v) is 7.68. The third kappa shape index (κ3) is 4.48. The molecule has 0 radical (unpaired) electrons. The van der Waals surface area contributed by atoms with Gasteiger partial charge in [-0.25, -0.2) is 4.98 Å². The highest BCUT2D eigenvalue weighted by Crippen LogP contribution is 2.23. The summed E-state index contributed by atoms with van der Waals surface area (Å²) >= 11 is 0. The molecule has 0 aliphatic rings. The molecule has 0 bridgehead atoms. The molecule has 160 valence electrons. The average Bonchev–Trinajstić information content (AvgIpc) is 3.42. The molecule has 1 atom stereocenters. The number of aryl methyl sites for hydroxylation is 2. The van der Waals surface area contributed by atoms with E-state index in [1.54, 1.807) is 12.1 Å². The number of amides is 1. The van der Waals surface area contributed by atoms with Crippen LogP contribution in [0.2, 0.25) is 0 Å². The van der Waals surface area contributed by atoms with Crippen molar-refractivity contribution < 1.29 is 13.9 Å². The summed E-state index contributed by atoms with van der Waals surface area (Å²) in [5.74, 6) is 1.77. The first kappa shape index (κ1) is 20.7. The number of furan rings is 1. The first-order valence-corrected chi connectivity index (χ1v) is 10.5. The number of hydrogen-bond acceptors (Lipinski definition) is 4. The van der Waals surface area contributed by atoms with E-state index in [9.17, 15) is 4.79 Å². The van der Waals surface area contributed by atoms with E-state index >= 15 is 0 Å². The number of benzene rings is 2. The second-order valence-electron chi connectivity index (χ2n) is 7.68. The van der Waals surface area contributed by atoms with Gasteiger partial charge in [-0.3, -0.25) is 4.79 Å². The molecule has 6 heteroatoms. The van der Waals surface area contributed by atoms with Crippen LogP contribution in [-0.4, -0.2) is 22.1 Å². The molecule has 2 aromatic heterocycles. The van der Waals surface area contributed by atoms with Crippen LogP contribution >= 0.6 is 0 Å². The first-order valence-electron chi connectivity index (χ1n) is 10.5. The Labute approximate surface area is 181 Å². The van der Waals surface area contributed by atoms with Crippen molar-refractivity contribution in [1.82, 2.24) is 14.9 Å². The Balaban J connectivity index is 1.48. The number of aromatic nitrogens is 2. The highest BCUT2D eigenvalue weighted by atomic mass is 16.5. The normalized spacial score (nSPS) is 12.1. The zero-order valence-corrected chi connectivity index (χ0v) is 18.1. The SMILES string of the molecule is Cc1cccc(OCCCn2c([C@H](C)NC(=O)c3ccco3)nc3ccccc32)c1C. The van der Waals surface area contributed by atoms with Crippen molar-refractivity contribution >= 4 is 16.9 Å². The molecule has 0 aliphatic heterocycles. The molecule has 4 rings (SSSR count). The standard InChI is InChI=1S/C25H27N3O3/c1-17-9-6-12-22(18(17)2)30-16-8-14-28-21-11-5-4-10-20(21)27-24(28)19(3)26-25(29)23-13-7-15-31-23/h4-7,9-13,15,19H,8,14,16H2,1-3H3,(H,26,29)/t19-/m0/s1. The number of ether oxygens (including phenoxy) is 1. The number of carbonyl (C=O) groups is 1. The molecule has 1 N–H and O–H groups in total. The van der Waals surface area contributed by atoms with Gasteiger partial charge >= 0.3 is 0 Å². The van der Waals surface area contributed by atoms with Crippen LogP contribution in [-0.2, 0) is 6.54 Å². The van der Waals surface area contributed by atoms with Gasteiger partial charge in [0.15, 0.2) is 5.76 Å². The van der Waals surface area contributed by atoms with Gasteiger partial charge in [0, 0.05) is 6.54 Å². The van der Waals surface area contributed by atoms with Crippen LogP contribution < -0.4 is 10.1 Å². The molecular weight excluding hydrogens is 390 g/mol. The molecule has 0 spiro atoms. The van der Waals surface area contributed by atoms with Crippen LogP contribution in [0.1, 0.15) is 46.9 Å². The first-order chi connectivity index (χ1) is 15.0. The largest absolute Gasteiger partial charge is 0.493 e. The molecule has 0 aliphatic carbocycles. The smallest absolute Gasteiger partial charge is 0.287 e. The van der Waals surface area contributed by atoms with E-state index in [0.29, 0.717) is 6.61 Å². The number of imidazole rings is 1. The third-order valence-corrected chi connectivity index (χ3v) is 5.50. The summed E-state index contributed by atoms with van der Waals surface area (Å²) in [5, 5.41) is 2.98. The van der Waals surface area contributed by atoms with Gasteiger partial charge in [0.05, 0.1) is 29.9 Å². The van der Waals surface area contributed by atoms with Crippen LogP contribution in [0.3, 0.4) is 0 Å². The monoisotopic (exact) mass is 417 g/mol. The maximum absolute atomic E-state index is 12.4. The Hall–Kier alpha value is -3.54. The van der Waals surface area contributed by atoms with Crippen molar-refractivity contribution in [3.63, 3.8) is 0 Å². The van der Waals surface area contributed by atoms with Crippen LogP contribution in [0, 0.1) is 13.8 Å². The van der Waals surface area contributed by atoms with Gasteiger partial charge in [0.2, 0.25) is 0 Å². The zero-order chi connectivity index (χ0) is 21.8. The Bertz CT molecular complexity index is 1180. The van der Waals surface area contributed by atoms with E-state index < -0.39 is 0 Å².